The molecular weight excluding hydrogens is 263 g/mol. The van der Waals surface area contributed by atoms with Gasteiger partial charge in [0.1, 0.15) is 0 Å². The van der Waals surface area contributed by atoms with Crippen molar-refractivity contribution in [1.82, 2.24) is 4.98 Å². The van der Waals surface area contributed by atoms with Gasteiger partial charge in [-0.15, -0.1) is 0 Å². The Bertz CT molecular complexity index is 458. The fourth-order valence-corrected chi connectivity index (χ4v) is 1.46. The highest BCUT2D eigenvalue weighted by atomic mass is 19.4. The largest absolute Gasteiger partial charge is 0.463 e. The van der Waals surface area contributed by atoms with Gasteiger partial charge in [-0.05, 0) is 0 Å². The number of oxazole rings is 1. The molecule has 0 bridgehead atoms. The standard InChI is InChI=1S/C12H16F3NO3/c1-11(2,3)9-8(10(17)18-4)19-7(16-9)5-6-12(13,14)15/h5-6H2,1-4H3. The molecule has 0 saturated carbocycles. The van der Waals surface area contributed by atoms with E-state index in [2.05, 4.69) is 9.72 Å². The first-order valence-corrected chi connectivity index (χ1v) is 5.70. The van der Waals surface area contributed by atoms with Gasteiger partial charge in [0, 0.05) is 11.8 Å². The second kappa shape index (κ2) is 5.22. The van der Waals surface area contributed by atoms with Gasteiger partial charge in [-0.3, -0.25) is 0 Å². The van der Waals surface area contributed by atoms with E-state index in [1.807, 2.05) is 0 Å². The third-order valence-corrected chi connectivity index (χ3v) is 2.37. The number of esters is 1. The van der Waals surface area contributed by atoms with Crippen LogP contribution in [0.1, 0.15) is 49.3 Å². The van der Waals surface area contributed by atoms with Crippen molar-refractivity contribution in [3.05, 3.63) is 17.3 Å². The molecule has 0 fully saturated rings. The number of alkyl halides is 3. The lowest BCUT2D eigenvalue weighted by Crippen LogP contribution is -2.17. The van der Waals surface area contributed by atoms with Gasteiger partial charge in [0.25, 0.3) is 0 Å². The lowest BCUT2D eigenvalue weighted by atomic mass is 9.91. The quantitative estimate of drug-likeness (QED) is 0.797. The number of methoxy groups -OCH3 is 1. The summed E-state index contributed by atoms with van der Waals surface area (Å²) in [4.78, 5) is 15.5. The smallest absolute Gasteiger partial charge is 0.389 e. The maximum absolute atomic E-state index is 12.1. The summed E-state index contributed by atoms with van der Waals surface area (Å²) in [5.74, 6) is -0.981. The van der Waals surface area contributed by atoms with Gasteiger partial charge in [-0.2, -0.15) is 13.2 Å². The van der Waals surface area contributed by atoms with Crippen LogP contribution < -0.4 is 0 Å². The van der Waals surface area contributed by atoms with Crippen LogP contribution in [0.15, 0.2) is 4.42 Å². The zero-order valence-electron chi connectivity index (χ0n) is 11.2. The molecule has 0 amide bonds. The Kier molecular flexibility index (Phi) is 4.27. The number of hydrogen-bond acceptors (Lipinski definition) is 4. The Morgan fingerprint density at radius 2 is 1.89 bits per heavy atom. The van der Waals surface area contributed by atoms with Gasteiger partial charge < -0.3 is 9.15 Å². The molecule has 108 valence electrons. The number of aryl methyl sites for hydroxylation is 1. The zero-order valence-corrected chi connectivity index (χ0v) is 11.2. The normalized spacial score (nSPS) is 12.6. The SMILES string of the molecule is COC(=O)c1oc(CCC(F)(F)F)nc1C(C)(C)C. The molecule has 7 heteroatoms. The van der Waals surface area contributed by atoms with Crippen molar-refractivity contribution in [1.29, 1.82) is 0 Å². The first-order chi connectivity index (χ1) is 8.54. The molecule has 0 atom stereocenters. The number of halogens is 3. The summed E-state index contributed by atoms with van der Waals surface area (Å²) in [5.41, 5.74) is -0.222. The predicted octanol–water partition coefficient (Wildman–Crippen LogP) is 3.25. The van der Waals surface area contributed by atoms with Crippen LogP contribution in [0.5, 0.6) is 0 Å². The maximum Gasteiger partial charge on any atom is 0.389 e. The molecule has 1 aromatic rings. The second-order valence-corrected chi connectivity index (χ2v) is 5.14. The van der Waals surface area contributed by atoms with E-state index in [-0.39, 0.29) is 11.7 Å². The fraction of sp³-hybridized carbons (Fsp3) is 0.667. The molecule has 0 aromatic carbocycles. The minimum absolute atomic E-state index is 0.109. The Morgan fingerprint density at radius 1 is 1.32 bits per heavy atom. The summed E-state index contributed by atoms with van der Waals surface area (Å²) < 4.78 is 46.1. The molecule has 0 N–H and O–H groups in total. The van der Waals surface area contributed by atoms with E-state index < -0.39 is 30.4 Å². The van der Waals surface area contributed by atoms with Crippen LogP contribution in [0, 0.1) is 0 Å². The molecule has 1 aromatic heterocycles. The van der Waals surface area contributed by atoms with E-state index in [0.717, 1.165) is 0 Å². The van der Waals surface area contributed by atoms with E-state index in [4.69, 9.17) is 4.42 Å². The van der Waals surface area contributed by atoms with Crippen molar-refractivity contribution in [2.75, 3.05) is 7.11 Å². The van der Waals surface area contributed by atoms with Crippen LogP contribution in [0.4, 0.5) is 13.2 Å². The number of carbonyl (C=O) groups is 1. The Labute approximate surface area is 109 Å². The van der Waals surface area contributed by atoms with Crippen molar-refractivity contribution >= 4 is 5.97 Å². The summed E-state index contributed by atoms with van der Waals surface area (Å²) in [5, 5.41) is 0. The zero-order chi connectivity index (χ0) is 14.8. The molecule has 0 spiro atoms. The summed E-state index contributed by atoms with van der Waals surface area (Å²) in [6.45, 7) is 5.35. The van der Waals surface area contributed by atoms with Crippen molar-refractivity contribution in [2.24, 2.45) is 0 Å². The topological polar surface area (TPSA) is 52.3 Å². The molecule has 0 unspecified atom stereocenters. The van der Waals surface area contributed by atoms with Crippen LogP contribution in [-0.2, 0) is 16.6 Å². The van der Waals surface area contributed by atoms with Crippen LogP contribution in [0.2, 0.25) is 0 Å². The van der Waals surface area contributed by atoms with Gasteiger partial charge in [-0.1, -0.05) is 20.8 Å². The Morgan fingerprint density at radius 3 is 2.32 bits per heavy atom. The van der Waals surface area contributed by atoms with Gasteiger partial charge in [0.2, 0.25) is 5.76 Å². The molecule has 0 aliphatic heterocycles. The highest BCUT2D eigenvalue weighted by molar-refractivity contribution is 5.87. The molecule has 0 aliphatic rings. The maximum atomic E-state index is 12.1. The third kappa shape index (κ3) is 4.25. The number of nitrogens with zero attached hydrogens (tertiary/aromatic N) is 1. The Balaban J connectivity index is 3.04. The van der Waals surface area contributed by atoms with E-state index in [9.17, 15) is 18.0 Å². The van der Waals surface area contributed by atoms with Crippen molar-refractivity contribution in [3.63, 3.8) is 0 Å². The van der Waals surface area contributed by atoms with Gasteiger partial charge in [-0.25, -0.2) is 9.78 Å². The number of ether oxygens (including phenoxy) is 1. The monoisotopic (exact) mass is 279 g/mol. The van der Waals surface area contributed by atoms with Gasteiger partial charge >= 0.3 is 12.1 Å². The molecular formula is C12H16F3NO3. The minimum Gasteiger partial charge on any atom is -0.463 e. The summed E-state index contributed by atoms with van der Waals surface area (Å²) >= 11 is 0. The van der Waals surface area contributed by atoms with Crippen molar-refractivity contribution in [3.8, 4) is 0 Å². The number of carbonyl (C=O) groups excluding carboxylic acids is 1. The summed E-state index contributed by atoms with van der Waals surface area (Å²) in [7, 11) is 1.17. The van der Waals surface area contributed by atoms with E-state index in [1.54, 1.807) is 20.8 Å². The average Bonchev–Trinajstić information content (AvgIpc) is 2.68. The highest BCUT2D eigenvalue weighted by Crippen LogP contribution is 2.28. The van der Waals surface area contributed by atoms with Gasteiger partial charge in [0.05, 0.1) is 19.2 Å². The predicted molar refractivity (Wildman–Crippen MR) is 60.9 cm³/mol. The summed E-state index contributed by atoms with van der Waals surface area (Å²) in [6.07, 6.45) is -5.73. The first kappa shape index (κ1) is 15.5. The summed E-state index contributed by atoms with van der Waals surface area (Å²) in [6, 6.07) is 0. The molecule has 0 saturated heterocycles. The molecule has 1 heterocycles. The van der Waals surface area contributed by atoms with Crippen molar-refractivity contribution < 1.29 is 27.1 Å². The van der Waals surface area contributed by atoms with E-state index in [1.165, 1.54) is 7.11 Å². The van der Waals surface area contributed by atoms with Crippen molar-refractivity contribution in [2.45, 2.75) is 45.2 Å². The first-order valence-electron chi connectivity index (χ1n) is 5.70. The third-order valence-electron chi connectivity index (χ3n) is 2.37. The van der Waals surface area contributed by atoms with Gasteiger partial charge in [0.15, 0.2) is 5.89 Å². The molecule has 0 aliphatic carbocycles. The highest BCUT2D eigenvalue weighted by Gasteiger charge is 2.32. The van der Waals surface area contributed by atoms with E-state index in [0.29, 0.717) is 5.69 Å². The van der Waals surface area contributed by atoms with E-state index >= 15 is 0 Å². The van der Waals surface area contributed by atoms with Crippen LogP contribution in [0.25, 0.3) is 0 Å². The fourth-order valence-electron chi connectivity index (χ4n) is 1.46. The lowest BCUT2D eigenvalue weighted by molar-refractivity contribution is -0.134. The Hall–Kier alpha value is -1.53. The number of rotatable bonds is 3. The lowest BCUT2D eigenvalue weighted by Gasteiger charge is -2.15. The molecule has 19 heavy (non-hydrogen) atoms. The second-order valence-electron chi connectivity index (χ2n) is 5.14. The number of aromatic nitrogens is 1. The minimum atomic E-state index is -4.29. The molecule has 1 rings (SSSR count). The average molecular weight is 279 g/mol. The molecule has 0 radical (unpaired) electrons. The van der Waals surface area contributed by atoms with Crippen LogP contribution in [0.3, 0.4) is 0 Å². The van der Waals surface area contributed by atoms with Crippen LogP contribution >= 0.6 is 0 Å². The number of hydrogen-bond donors (Lipinski definition) is 0. The molecule has 4 nitrogen and oxygen atoms in total. The van der Waals surface area contributed by atoms with Crippen LogP contribution in [-0.4, -0.2) is 24.2 Å².